The van der Waals surface area contributed by atoms with Crippen LogP contribution in [-0.4, -0.2) is 48.0 Å². The summed E-state index contributed by atoms with van der Waals surface area (Å²) in [5.41, 5.74) is 7.05. The number of halogens is 1. The molecule has 0 bridgehead atoms. The largest absolute Gasteiger partial charge is 0.389 e. The number of nitrogens with two attached hydrogens (primary N) is 1. The number of likely N-dealkylation sites (N-methyl/N-ethyl adjacent to an activating group) is 2. The molecular formula is C16H24FN3S. The number of thiocarbonyl (C=S) groups is 1. The fourth-order valence-electron chi connectivity index (χ4n) is 3.01. The van der Waals surface area contributed by atoms with Gasteiger partial charge in [-0.1, -0.05) is 24.4 Å². The van der Waals surface area contributed by atoms with Crippen LogP contribution in [0, 0.1) is 5.82 Å². The molecule has 0 heterocycles. The number of benzene rings is 1. The second-order valence-electron chi connectivity index (χ2n) is 6.32. The van der Waals surface area contributed by atoms with E-state index in [1.54, 1.807) is 12.1 Å². The van der Waals surface area contributed by atoms with Crippen LogP contribution in [-0.2, 0) is 6.54 Å². The van der Waals surface area contributed by atoms with E-state index in [9.17, 15) is 4.39 Å². The van der Waals surface area contributed by atoms with E-state index in [2.05, 4.69) is 23.9 Å². The summed E-state index contributed by atoms with van der Waals surface area (Å²) in [7, 11) is 6.31. The van der Waals surface area contributed by atoms with Crippen molar-refractivity contribution in [2.75, 3.05) is 27.7 Å². The summed E-state index contributed by atoms with van der Waals surface area (Å²) in [5, 5.41) is 0. The standard InChI is InChI=1S/C16H24FN3S/c1-19(2)16(7-4-8-16)11-20(3)10-13-6-5-12(15(18)21)9-14(13)17/h5-6,9H,4,7-8,10-11H2,1-3H3,(H2,18,21). The van der Waals surface area contributed by atoms with E-state index in [1.165, 1.54) is 25.3 Å². The average Bonchev–Trinajstić information content (AvgIpc) is 2.35. The lowest BCUT2D eigenvalue weighted by atomic mass is 9.75. The van der Waals surface area contributed by atoms with Crippen LogP contribution in [0.15, 0.2) is 18.2 Å². The third-order valence-electron chi connectivity index (χ3n) is 4.58. The van der Waals surface area contributed by atoms with Gasteiger partial charge in [-0.2, -0.15) is 0 Å². The SMILES string of the molecule is CN(Cc1ccc(C(N)=S)cc1F)CC1(N(C)C)CCC1. The summed E-state index contributed by atoms with van der Waals surface area (Å²) in [6.07, 6.45) is 3.71. The molecule has 1 fully saturated rings. The number of hydrogen-bond donors (Lipinski definition) is 1. The van der Waals surface area contributed by atoms with Crippen LogP contribution in [0.2, 0.25) is 0 Å². The Balaban J connectivity index is 2.03. The molecule has 5 heteroatoms. The van der Waals surface area contributed by atoms with Gasteiger partial charge in [-0.15, -0.1) is 0 Å². The zero-order chi connectivity index (χ0) is 15.6. The lowest BCUT2D eigenvalue weighted by Crippen LogP contribution is -2.56. The minimum Gasteiger partial charge on any atom is -0.389 e. The summed E-state index contributed by atoms with van der Waals surface area (Å²) in [5.74, 6) is -0.236. The Labute approximate surface area is 131 Å². The van der Waals surface area contributed by atoms with Gasteiger partial charge in [0.2, 0.25) is 0 Å². The molecule has 0 atom stereocenters. The summed E-state index contributed by atoms with van der Waals surface area (Å²) >= 11 is 4.87. The summed E-state index contributed by atoms with van der Waals surface area (Å²) < 4.78 is 14.1. The molecule has 1 saturated carbocycles. The monoisotopic (exact) mass is 309 g/mol. The third kappa shape index (κ3) is 3.59. The highest BCUT2D eigenvalue weighted by atomic mass is 32.1. The van der Waals surface area contributed by atoms with E-state index in [-0.39, 0.29) is 16.3 Å². The van der Waals surface area contributed by atoms with E-state index in [1.807, 2.05) is 7.05 Å². The Morgan fingerprint density at radius 3 is 2.43 bits per heavy atom. The van der Waals surface area contributed by atoms with E-state index < -0.39 is 0 Å². The smallest absolute Gasteiger partial charge is 0.128 e. The summed E-state index contributed by atoms with van der Waals surface area (Å²) in [6, 6.07) is 5.00. The van der Waals surface area contributed by atoms with Crippen LogP contribution >= 0.6 is 12.2 Å². The maximum absolute atomic E-state index is 14.1. The van der Waals surface area contributed by atoms with Crippen LogP contribution in [0.25, 0.3) is 0 Å². The van der Waals surface area contributed by atoms with Crippen LogP contribution in [0.5, 0.6) is 0 Å². The van der Waals surface area contributed by atoms with Crippen molar-refractivity contribution in [1.29, 1.82) is 0 Å². The molecule has 1 aromatic rings. The summed E-state index contributed by atoms with van der Waals surface area (Å²) in [4.78, 5) is 4.73. The molecule has 0 saturated heterocycles. The van der Waals surface area contributed by atoms with E-state index in [0.717, 1.165) is 6.54 Å². The second-order valence-corrected chi connectivity index (χ2v) is 6.75. The van der Waals surface area contributed by atoms with Crippen molar-refractivity contribution in [3.63, 3.8) is 0 Å². The van der Waals surface area contributed by atoms with Gasteiger partial charge >= 0.3 is 0 Å². The lowest BCUT2D eigenvalue weighted by molar-refractivity contribution is 0.0256. The Hall–Kier alpha value is -1.04. The van der Waals surface area contributed by atoms with Gasteiger partial charge in [-0.25, -0.2) is 4.39 Å². The first-order valence-electron chi connectivity index (χ1n) is 7.28. The number of rotatable bonds is 6. The van der Waals surface area contributed by atoms with Gasteiger partial charge < -0.3 is 15.5 Å². The maximum atomic E-state index is 14.1. The Morgan fingerprint density at radius 2 is 2.00 bits per heavy atom. The molecule has 0 unspecified atom stereocenters. The first kappa shape index (κ1) is 16.3. The molecule has 2 N–H and O–H groups in total. The first-order valence-corrected chi connectivity index (χ1v) is 7.69. The Bertz CT molecular complexity index is 526. The molecule has 3 nitrogen and oxygen atoms in total. The predicted molar refractivity (Wildman–Crippen MR) is 88.9 cm³/mol. The number of hydrogen-bond acceptors (Lipinski definition) is 3. The fraction of sp³-hybridized carbons (Fsp3) is 0.562. The molecular weight excluding hydrogens is 285 g/mol. The van der Waals surface area contributed by atoms with Crippen molar-refractivity contribution in [2.24, 2.45) is 5.73 Å². The quantitative estimate of drug-likeness (QED) is 0.818. The summed E-state index contributed by atoms with van der Waals surface area (Å²) in [6.45, 7) is 1.55. The molecule has 0 radical (unpaired) electrons. The highest BCUT2D eigenvalue weighted by Crippen LogP contribution is 2.36. The van der Waals surface area contributed by atoms with E-state index in [0.29, 0.717) is 17.7 Å². The topological polar surface area (TPSA) is 32.5 Å². The maximum Gasteiger partial charge on any atom is 0.128 e. The van der Waals surface area contributed by atoms with Gasteiger partial charge in [0.25, 0.3) is 0 Å². The molecule has 1 aliphatic carbocycles. The molecule has 0 aliphatic heterocycles. The molecule has 0 spiro atoms. The minimum atomic E-state index is -0.236. The lowest BCUT2D eigenvalue weighted by Gasteiger charge is -2.49. The van der Waals surface area contributed by atoms with Gasteiger partial charge in [0.05, 0.1) is 0 Å². The van der Waals surface area contributed by atoms with Crippen molar-refractivity contribution in [2.45, 2.75) is 31.3 Å². The van der Waals surface area contributed by atoms with Crippen molar-refractivity contribution in [1.82, 2.24) is 9.80 Å². The van der Waals surface area contributed by atoms with Gasteiger partial charge in [-0.05, 0) is 46.5 Å². The van der Waals surface area contributed by atoms with Crippen molar-refractivity contribution < 1.29 is 4.39 Å². The third-order valence-corrected chi connectivity index (χ3v) is 4.81. The molecule has 0 amide bonds. The van der Waals surface area contributed by atoms with E-state index >= 15 is 0 Å². The molecule has 21 heavy (non-hydrogen) atoms. The fourth-order valence-corrected chi connectivity index (χ4v) is 3.14. The average molecular weight is 309 g/mol. The molecule has 0 aromatic heterocycles. The van der Waals surface area contributed by atoms with Crippen molar-refractivity contribution in [3.8, 4) is 0 Å². The first-order chi connectivity index (χ1) is 9.84. The van der Waals surface area contributed by atoms with Gasteiger partial charge in [0, 0.05) is 29.8 Å². The zero-order valence-electron chi connectivity index (χ0n) is 13.0. The Morgan fingerprint density at radius 1 is 1.33 bits per heavy atom. The normalized spacial score (nSPS) is 17.0. The molecule has 1 aliphatic rings. The van der Waals surface area contributed by atoms with E-state index in [4.69, 9.17) is 18.0 Å². The number of nitrogens with zero attached hydrogens (tertiary/aromatic N) is 2. The van der Waals surface area contributed by atoms with Gasteiger partial charge in [0.1, 0.15) is 10.8 Å². The van der Waals surface area contributed by atoms with Crippen LogP contribution in [0.1, 0.15) is 30.4 Å². The van der Waals surface area contributed by atoms with Crippen LogP contribution < -0.4 is 5.73 Å². The molecule has 1 aromatic carbocycles. The van der Waals surface area contributed by atoms with Gasteiger partial charge in [0.15, 0.2) is 0 Å². The zero-order valence-corrected chi connectivity index (χ0v) is 13.8. The van der Waals surface area contributed by atoms with Crippen molar-refractivity contribution >= 4 is 17.2 Å². The molecule has 116 valence electrons. The highest BCUT2D eigenvalue weighted by Gasteiger charge is 2.39. The highest BCUT2D eigenvalue weighted by molar-refractivity contribution is 7.80. The second kappa shape index (κ2) is 6.38. The molecule has 2 rings (SSSR count). The minimum absolute atomic E-state index is 0.231. The van der Waals surface area contributed by atoms with Crippen molar-refractivity contribution in [3.05, 3.63) is 35.1 Å². The Kier molecular flexibility index (Phi) is 4.96. The van der Waals surface area contributed by atoms with Crippen LogP contribution in [0.4, 0.5) is 4.39 Å². The van der Waals surface area contributed by atoms with Gasteiger partial charge in [-0.3, -0.25) is 0 Å². The van der Waals surface area contributed by atoms with Crippen LogP contribution in [0.3, 0.4) is 0 Å². The predicted octanol–water partition coefficient (Wildman–Crippen LogP) is 2.38.